The van der Waals surface area contributed by atoms with Gasteiger partial charge in [0, 0.05) is 25.9 Å². The molecule has 0 saturated heterocycles. The van der Waals surface area contributed by atoms with Crippen LogP contribution in [0.15, 0.2) is 24.3 Å². The lowest BCUT2D eigenvalue weighted by molar-refractivity contribution is 0.627. The van der Waals surface area contributed by atoms with E-state index in [1.807, 2.05) is 36.4 Å². The van der Waals surface area contributed by atoms with Gasteiger partial charge in [0.25, 0.3) is 0 Å². The van der Waals surface area contributed by atoms with Gasteiger partial charge in [0.2, 0.25) is 0 Å². The Balaban J connectivity index is 1.40. The first kappa shape index (κ1) is 21.8. The highest BCUT2D eigenvalue weighted by molar-refractivity contribution is 5.89. The standard InChI is InChI=1S/C26H26N8/c27-17-21(25-31-29-23-7-3-1-5-13-33(23)25)15-19-9-11-20(12-10-19)16-22(18-28)26-32-30-24-8-4-2-6-14-34(24)26/h9-12,15-16H,1-8,13-14H2/b21-15+,22-16+. The topological polar surface area (TPSA) is 109 Å². The van der Waals surface area contributed by atoms with Crippen molar-refractivity contribution in [3.05, 3.63) is 58.7 Å². The van der Waals surface area contributed by atoms with Crippen LogP contribution in [0.3, 0.4) is 0 Å². The Bertz CT molecular complexity index is 1220. The number of aryl methyl sites for hydroxylation is 2. The van der Waals surface area contributed by atoms with Crippen LogP contribution in [-0.2, 0) is 25.9 Å². The Kier molecular flexibility index (Phi) is 6.31. The number of nitriles is 2. The fraction of sp³-hybridized carbons (Fsp3) is 0.385. The van der Waals surface area contributed by atoms with Crippen molar-refractivity contribution in [3.8, 4) is 12.1 Å². The number of fused-ring (bicyclic) bond motifs is 2. The summed E-state index contributed by atoms with van der Waals surface area (Å²) in [5.41, 5.74) is 2.81. The van der Waals surface area contributed by atoms with Crippen LogP contribution >= 0.6 is 0 Å². The van der Waals surface area contributed by atoms with E-state index >= 15 is 0 Å². The van der Waals surface area contributed by atoms with Crippen LogP contribution in [0.2, 0.25) is 0 Å². The lowest BCUT2D eigenvalue weighted by atomic mass is 10.1. The zero-order valence-electron chi connectivity index (χ0n) is 19.1. The minimum atomic E-state index is 0.507. The monoisotopic (exact) mass is 450 g/mol. The summed E-state index contributed by atoms with van der Waals surface area (Å²) in [5, 5.41) is 36.8. The first-order valence-electron chi connectivity index (χ1n) is 12.0. The van der Waals surface area contributed by atoms with E-state index in [1.165, 1.54) is 12.8 Å². The van der Waals surface area contributed by atoms with Crippen molar-refractivity contribution in [2.75, 3.05) is 0 Å². The van der Waals surface area contributed by atoms with Crippen LogP contribution in [0.5, 0.6) is 0 Å². The van der Waals surface area contributed by atoms with Crippen molar-refractivity contribution in [1.82, 2.24) is 29.5 Å². The largest absolute Gasteiger partial charge is 0.310 e. The molecule has 2 aliphatic rings. The number of hydrogen-bond acceptors (Lipinski definition) is 6. The van der Waals surface area contributed by atoms with Crippen molar-refractivity contribution in [2.45, 2.75) is 64.5 Å². The molecular formula is C26H26N8. The summed E-state index contributed by atoms with van der Waals surface area (Å²) in [6.45, 7) is 1.70. The number of allylic oxidation sites excluding steroid dienone is 2. The quantitative estimate of drug-likeness (QED) is 0.543. The SMILES string of the molecule is N#C/C(=C\c1ccc(/C=C(\C#N)c2nnc3n2CCCCC3)cc1)c1nnc2n1CCCCC2. The van der Waals surface area contributed by atoms with Crippen LogP contribution in [0.25, 0.3) is 23.3 Å². The number of benzene rings is 1. The third-order valence-electron chi connectivity index (χ3n) is 6.50. The summed E-state index contributed by atoms with van der Waals surface area (Å²) in [7, 11) is 0. The van der Waals surface area contributed by atoms with E-state index in [9.17, 15) is 10.5 Å². The number of rotatable bonds is 4. The molecule has 0 amide bonds. The second-order valence-corrected chi connectivity index (χ2v) is 8.81. The van der Waals surface area contributed by atoms with Gasteiger partial charge in [-0.2, -0.15) is 10.5 Å². The molecule has 0 unspecified atom stereocenters. The fourth-order valence-corrected chi connectivity index (χ4v) is 4.68. The van der Waals surface area contributed by atoms with Gasteiger partial charge in [-0.25, -0.2) is 0 Å². The molecule has 2 aromatic heterocycles. The van der Waals surface area contributed by atoms with Gasteiger partial charge in [0.15, 0.2) is 11.6 Å². The predicted molar refractivity (Wildman–Crippen MR) is 129 cm³/mol. The summed E-state index contributed by atoms with van der Waals surface area (Å²) in [6, 6.07) is 12.4. The Labute approximate surface area is 198 Å². The molecule has 2 aliphatic heterocycles. The molecule has 8 heteroatoms. The molecule has 0 saturated carbocycles. The average molecular weight is 451 g/mol. The summed E-state index contributed by atoms with van der Waals surface area (Å²) in [4.78, 5) is 0. The van der Waals surface area contributed by atoms with Crippen LogP contribution in [0.1, 0.15) is 72.9 Å². The highest BCUT2D eigenvalue weighted by atomic mass is 15.3. The second-order valence-electron chi connectivity index (χ2n) is 8.81. The maximum absolute atomic E-state index is 9.80. The minimum absolute atomic E-state index is 0.507. The van der Waals surface area contributed by atoms with E-state index < -0.39 is 0 Å². The molecule has 3 aromatic rings. The third-order valence-corrected chi connectivity index (χ3v) is 6.50. The molecule has 0 fully saturated rings. The summed E-state index contributed by atoms with van der Waals surface area (Å²) >= 11 is 0. The molecule has 5 rings (SSSR count). The highest BCUT2D eigenvalue weighted by Gasteiger charge is 2.19. The first-order valence-corrected chi connectivity index (χ1v) is 12.0. The molecule has 0 N–H and O–H groups in total. The molecule has 0 radical (unpaired) electrons. The van der Waals surface area contributed by atoms with Crippen LogP contribution in [-0.4, -0.2) is 29.5 Å². The van der Waals surface area contributed by atoms with Gasteiger partial charge in [-0.1, -0.05) is 37.1 Å². The predicted octanol–water partition coefficient (Wildman–Crippen LogP) is 4.45. The van der Waals surface area contributed by atoms with Crippen LogP contribution in [0.4, 0.5) is 0 Å². The molecule has 34 heavy (non-hydrogen) atoms. The third kappa shape index (κ3) is 4.40. The lowest BCUT2D eigenvalue weighted by Gasteiger charge is -2.06. The van der Waals surface area contributed by atoms with Gasteiger partial charge in [-0.3, -0.25) is 0 Å². The summed E-state index contributed by atoms with van der Waals surface area (Å²) in [5.74, 6) is 3.21. The van der Waals surface area contributed by atoms with Gasteiger partial charge in [-0.05, 0) is 49.0 Å². The van der Waals surface area contributed by atoms with Gasteiger partial charge in [0.05, 0.1) is 11.1 Å². The number of hydrogen-bond donors (Lipinski definition) is 0. The Hall–Kier alpha value is -4.04. The van der Waals surface area contributed by atoms with E-state index in [-0.39, 0.29) is 0 Å². The van der Waals surface area contributed by atoms with Gasteiger partial charge in [-0.15, -0.1) is 20.4 Å². The Morgan fingerprint density at radius 1 is 0.647 bits per heavy atom. The van der Waals surface area contributed by atoms with Crippen molar-refractivity contribution in [3.63, 3.8) is 0 Å². The minimum Gasteiger partial charge on any atom is -0.310 e. The van der Waals surface area contributed by atoms with E-state index in [4.69, 9.17) is 0 Å². The van der Waals surface area contributed by atoms with Crippen molar-refractivity contribution in [1.29, 1.82) is 10.5 Å². The highest BCUT2D eigenvalue weighted by Crippen LogP contribution is 2.24. The van der Waals surface area contributed by atoms with E-state index in [0.29, 0.717) is 22.8 Å². The van der Waals surface area contributed by atoms with Crippen LogP contribution in [0, 0.1) is 22.7 Å². The van der Waals surface area contributed by atoms with E-state index in [2.05, 4.69) is 41.7 Å². The maximum atomic E-state index is 9.80. The molecule has 0 bridgehead atoms. The zero-order chi connectivity index (χ0) is 23.3. The Morgan fingerprint density at radius 3 is 1.50 bits per heavy atom. The smallest absolute Gasteiger partial charge is 0.174 e. The molecule has 1 aromatic carbocycles. The van der Waals surface area contributed by atoms with Crippen LogP contribution < -0.4 is 0 Å². The second kappa shape index (κ2) is 9.84. The zero-order valence-corrected chi connectivity index (χ0v) is 19.1. The first-order chi connectivity index (χ1) is 16.8. The maximum Gasteiger partial charge on any atom is 0.174 e. The molecule has 4 heterocycles. The summed E-state index contributed by atoms with van der Waals surface area (Å²) < 4.78 is 4.17. The fourth-order valence-electron chi connectivity index (χ4n) is 4.68. The molecular weight excluding hydrogens is 424 g/mol. The molecule has 8 nitrogen and oxygen atoms in total. The lowest BCUT2D eigenvalue weighted by Crippen LogP contribution is -2.05. The van der Waals surface area contributed by atoms with Crippen molar-refractivity contribution >= 4 is 23.3 Å². The average Bonchev–Trinajstić information content (AvgIpc) is 3.26. The molecule has 0 spiro atoms. The van der Waals surface area contributed by atoms with Gasteiger partial charge >= 0.3 is 0 Å². The number of nitrogens with zero attached hydrogens (tertiary/aromatic N) is 8. The molecule has 0 atom stereocenters. The van der Waals surface area contributed by atoms with Gasteiger partial charge < -0.3 is 9.13 Å². The van der Waals surface area contributed by atoms with E-state index in [1.54, 1.807) is 0 Å². The van der Waals surface area contributed by atoms with Gasteiger partial charge in [0.1, 0.15) is 23.8 Å². The number of aromatic nitrogens is 6. The molecule has 170 valence electrons. The van der Waals surface area contributed by atoms with E-state index in [0.717, 1.165) is 74.4 Å². The van der Waals surface area contributed by atoms with Crippen molar-refractivity contribution < 1.29 is 0 Å². The summed E-state index contributed by atoms with van der Waals surface area (Å²) in [6.07, 6.45) is 12.2. The Morgan fingerprint density at radius 2 is 1.09 bits per heavy atom. The van der Waals surface area contributed by atoms with Crippen molar-refractivity contribution in [2.24, 2.45) is 0 Å². The molecule has 0 aliphatic carbocycles. The normalized spacial score (nSPS) is 16.5.